The van der Waals surface area contributed by atoms with Crippen molar-refractivity contribution in [2.45, 2.75) is 4.21 Å². The molecule has 0 saturated carbocycles. The minimum absolute atomic E-state index is 0.180. The second-order valence-corrected chi connectivity index (χ2v) is 8.30. The molecule has 0 atom stereocenters. The molecular weight excluding hydrogens is 386 g/mol. The van der Waals surface area contributed by atoms with Crippen molar-refractivity contribution in [1.29, 1.82) is 0 Å². The molecule has 4 nitrogen and oxygen atoms in total. The molecular formula is C12H11BrClNO3S2. The highest BCUT2D eigenvalue weighted by atomic mass is 79.9. The Morgan fingerprint density at radius 3 is 2.65 bits per heavy atom. The summed E-state index contributed by atoms with van der Waals surface area (Å²) >= 11 is 10.1. The third-order valence-electron chi connectivity index (χ3n) is 2.30. The SMILES string of the molecule is O=S(=O)(NCCOc1ccccc1Br)c1ccc(Cl)s1. The number of benzene rings is 1. The molecule has 20 heavy (non-hydrogen) atoms. The van der Waals surface area contributed by atoms with Gasteiger partial charge in [-0.15, -0.1) is 11.3 Å². The van der Waals surface area contributed by atoms with Gasteiger partial charge in [-0.3, -0.25) is 0 Å². The van der Waals surface area contributed by atoms with Gasteiger partial charge >= 0.3 is 0 Å². The van der Waals surface area contributed by atoms with Crippen LogP contribution in [0.5, 0.6) is 5.75 Å². The molecule has 2 rings (SSSR count). The lowest BCUT2D eigenvalue weighted by atomic mass is 10.3. The summed E-state index contributed by atoms with van der Waals surface area (Å²) in [6, 6.07) is 10.4. The van der Waals surface area contributed by atoms with Gasteiger partial charge in [0, 0.05) is 6.54 Å². The Bertz CT molecular complexity index is 688. The monoisotopic (exact) mass is 395 g/mol. The maximum atomic E-state index is 11.9. The lowest BCUT2D eigenvalue weighted by Gasteiger charge is -2.08. The summed E-state index contributed by atoms with van der Waals surface area (Å²) in [7, 11) is -3.51. The standard InChI is InChI=1S/C12H11BrClNO3S2/c13-9-3-1-2-4-10(9)18-8-7-15-20(16,17)12-6-5-11(14)19-12/h1-6,15H,7-8H2. The van der Waals surface area contributed by atoms with Crippen LogP contribution in [0, 0.1) is 0 Å². The molecule has 1 N–H and O–H groups in total. The number of sulfonamides is 1. The molecule has 0 unspecified atom stereocenters. The average molecular weight is 397 g/mol. The Morgan fingerprint density at radius 2 is 2.00 bits per heavy atom. The first-order chi connectivity index (χ1) is 9.49. The Balaban J connectivity index is 1.86. The van der Waals surface area contributed by atoms with Crippen molar-refractivity contribution in [3.05, 3.63) is 45.2 Å². The highest BCUT2D eigenvalue weighted by molar-refractivity contribution is 9.10. The van der Waals surface area contributed by atoms with E-state index < -0.39 is 10.0 Å². The summed E-state index contributed by atoms with van der Waals surface area (Å²) in [4.78, 5) is 0. The van der Waals surface area contributed by atoms with Crippen LogP contribution in [0.3, 0.4) is 0 Å². The second kappa shape index (κ2) is 6.91. The number of halogens is 2. The van der Waals surface area contributed by atoms with Crippen LogP contribution in [0.1, 0.15) is 0 Å². The normalized spacial score (nSPS) is 11.5. The van der Waals surface area contributed by atoms with Crippen LogP contribution in [0.15, 0.2) is 45.1 Å². The van der Waals surface area contributed by atoms with Gasteiger partial charge in [-0.05, 0) is 40.2 Å². The van der Waals surface area contributed by atoms with Crippen LogP contribution < -0.4 is 9.46 Å². The fourth-order valence-corrected chi connectivity index (χ4v) is 4.35. The highest BCUT2D eigenvalue weighted by Crippen LogP contribution is 2.25. The van der Waals surface area contributed by atoms with Gasteiger partial charge < -0.3 is 4.74 Å². The van der Waals surface area contributed by atoms with Gasteiger partial charge in [-0.1, -0.05) is 23.7 Å². The fraction of sp³-hybridized carbons (Fsp3) is 0.167. The molecule has 0 fully saturated rings. The molecule has 0 saturated heterocycles. The Hall–Kier alpha value is -0.600. The minimum atomic E-state index is -3.51. The first-order valence-electron chi connectivity index (χ1n) is 5.61. The van der Waals surface area contributed by atoms with Gasteiger partial charge in [0.25, 0.3) is 0 Å². The zero-order chi connectivity index (χ0) is 14.6. The third-order valence-corrected chi connectivity index (χ3v) is 6.14. The van der Waals surface area contributed by atoms with E-state index in [4.69, 9.17) is 16.3 Å². The third kappa shape index (κ3) is 4.20. The first kappa shape index (κ1) is 15.8. The van der Waals surface area contributed by atoms with E-state index >= 15 is 0 Å². The van der Waals surface area contributed by atoms with E-state index in [1.807, 2.05) is 18.2 Å². The van der Waals surface area contributed by atoms with Crippen molar-refractivity contribution >= 4 is 48.9 Å². The minimum Gasteiger partial charge on any atom is -0.491 e. The van der Waals surface area contributed by atoms with E-state index in [2.05, 4.69) is 20.7 Å². The predicted octanol–water partition coefficient (Wildman–Crippen LogP) is 3.52. The van der Waals surface area contributed by atoms with E-state index in [0.717, 1.165) is 15.8 Å². The molecule has 0 spiro atoms. The molecule has 0 aliphatic rings. The molecule has 1 aromatic carbocycles. The Morgan fingerprint density at radius 1 is 1.25 bits per heavy atom. The van der Waals surface area contributed by atoms with Crippen LogP contribution in [-0.4, -0.2) is 21.6 Å². The van der Waals surface area contributed by atoms with Gasteiger partial charge in [-0.2, -0.15) is 0 Å². The zero-order valence-electron chi connectivity index (χ0n) is 10.2. The number of hydrogen-bond donors (Lipinski definition) is 1. The van der Waals surface area contributed by atoms with Crippen molar-refractivity contribution in [3.8, 4) is 5.75 Å². The van der Waals surface area contributed by atoms with Crippen LogP contribution in [0.2, 0.25) is 4.34 Å². The zero-order valence-corrected chi connectivity index (χ0v) is 14.2. The van der Waals surface area contributed by atoms with Crippen molar-refractivity contribution in [2.75, 3.05) is 13.2 Å². The summed E-state index contributed by atoms with van der Waals surface area (Å²) < 4.78 is 33.2. The molecule has 0 amide bonds. The Kier molecular flexibility index (Phi) is 5.45. The first-order valence-corrected chi connectivity index (χ1v) is 9.08. The van der Waals surface area contributed by atoms with Crippen LogP contribution in [0.25, 0.3) is 0 Å². The van der Waals surface area contributed by atoms with Gasteiger partial charge in [0.2, 0.25) is 10.0 Å². The lowest BCUT2D eigenvalue weighted by molar-refractivity contribution is 0.321. The largest absolute Gasteiger partial charge is 0.491 e. The summed E-state index contributed by atoms with van der Waals surface area (Å²) in [5.74, 6) is 0.672. The smallest absolute Gasteiger partial charge is 0.250 e. The van der Waals surface area contributed by atoms with E-state index in [9.17, 15) is 8.42 Å². The fourth-order valence-electron chi connectivity index (χ4n) is 1.41. The number of hydrogen-bond acceptors (Lipinski definition) is 4. The van der Waals surface area contributed by atoms with Crippen molar-refractivity contribution in [3.63, 3.8) is 0 Å². The molecule has 108 valence electrons. The summed E-state index contributed by atoms with van der Waals surface area (Å²) in [6.07, 6.45) is 0. The number of ether oxygens (including phenoxy) is 1. The molecule has 1 aromatic heterocycles. The van der Waals surface area contributed by atoms with Gasteiger partial charge in [0.1, 0.15) is 16.6 Å². The quantitative estimate of drug-likeness (QED) is 0.760. The molecule has 0 radical (unpaired) electrons. The summed E-state index contributed by atoms with van der Waals surface area (Å²) in [5.41, 5.74) is 0. The highest BCUT2D eigenvalue weighted by Gasteiger charge is 2.15. The maximum absolute atomic E-state index is 11.9. The molecule has 0 aliphatic carbocycles. The number of nitrogens with one attached hydrogen (secondary N) is 1. The van der Waals surface area contributed by atoms with Crippen LogP contribution in [-0.2, 0) is 10.0 Å². The summed E-state index contributed by atoms with van der Waals surface area (Å²) in [5, 5.41) is 0. The molecule has 0 aliphatic heterocycles. The predicted molar refractivity (Wildman–Crippen MR) is 84.2 cm³/mol. The molecule has 8 heteroatoms. The van der Waals surface area contributed by atoms with E-state index in [-0.39, 0.29) is 17.4 Å². The lowest BCUT2D eigenvalue weighted by Crippen LogP contribution is -2.27. The average Bonchev–Trinajstić information content (AvgIpc) is 2.84. The van der Waals surface area contributed by atoms with E-state index in [1.165, 1.54) is 6.07 Å². The van der Waals surface area contributed by atoms with Gasteiger partial charge in [-0.25, -0.2) is 13.1 Å². The van der Waals surface area contributed by atoms with E-state index in [1.54, 1.807) is 12.1 Å². The van der Waals surface area contributed by atoms with Crippen LogP contribution in [0.4, 0.5) is 0 Å². The number of thiophene rings is 1. The van der Waals surface area contributed by atoms with Crippen molar-refractivity contribution in [1.82, 2.24) is 4.72 Å². The molecule has 2 aromatic rings. The van der Waals surface area contributed by atoms with Gasteiger partial charge in [0.15, 0.2) is 0 Å². The topological polar surface area (TPSA) is 55.4 Å². The van der Waals surface area contributed by atoms with Crippen molar-refractivity contribution in [2.24, 2.45) is 0 Å². The van der Waals surface area contributed by atoms with Crippen LogP contribution >= 0.6 is 38.9 Å². The molecule has 1 heterocycles. The summed E-state index contributed by atoms with van der Waals surface area (Å²) in [6.45, 7) is 0.417. The van der Waals surface area contributed by atoms with E-state index in [0.29, 0.717) is 10.1 Å². The van der Waals surface area contributed by atoms with Gasteiger partial charge in [0.05, 0.1) is 8.81 Å². The number of rotatable bonds is 6. The van der Waals surface area contributed by atoms with Crippen molar-refractivity contribution < 1.29 is 13.2 Å². The maximum Gasteiger partial charge on any atom is 0.250 e. The second-order valence-electron chi connectivity index (χ2n) is 3.74. The number of para-hydroxylation sites is 1. The Labute approximate surface area is 134 Å². The molecule has 0 bridgehead atoms.